The molecule has 1 aromatic carbocycles. The van der Waals surface area contributed by atoms with Gasteiger partial charge in [0, 0.05) is 23.8 Å². The Morgan fingerprint density at radius 1 is 1.33 bits per heavy atom. The van der Waals surface area contributed by atoms with E-state index >= 15 is 0 Å². The molecular weight excluding hydrogens is 431 g/mol. The number of terminal acetylenes is 1. The van der Waals surface area contributed by atoms with Gasteiger partial charge in [0.2, 0.25) is 0 Å². The summed E-state index contributed by atoms with van der Waals surface area (Å²) in [4.78, 5) is 45.1. The third kappa shape index (κ3) is 3.92. The minimum absolute atomic E-state index is 0.00740. The Morgan fingerprint density at radius 3 is 2.67 bits per heavy atom. The van der Waals surface area contributed by atoms with Crippen LogP contribution in [0.5, 0.6) is 5.75 Å². The highest BCUT2D eigenvalue weighted by Gasteiger charge is 2.45. The predicted octanol–water partition coefficient (Wildman–Crippen LogP) is 4.64. The van der Waals surface area contributed by atoms with Gasteiger partial charge in [-0.1, -0.05) is 23.2 Å². The van der Waals surface area contributed by atoms with Crippen molar-refractivity contribution in [1.29, 1.82) is 0 Å². The van der Waals surface area contributed by atoms with E-state index in [1.165, 1.54) is 13.8 Å². The molecule has 0 aliphatic heterocycles. The molecule has 2 aliphatic rings. The van der Waals surface area contributed by atoms with Crippen LogP contribution in [0.1, 0.15) is 50.7 Å². The number of halogens is 2. The molecule has 0 bridgehead atoms. The molecule has 1 atom stereocenters. The van der Waals surface area contributed by atoms with Crippen LogP contribution in [0, 0.1) is 23.2 Å². The van der Waals surface area contributed by atoms with E-state index in [-0.39, 0.29) is 28.0 Å². The average Bonchev–Trinajstić information content (AvgIpc) is 2.97. The van der Waals surface area contributed by atoms with E-state index in [0.29, 0.717) is 31.2 Å². The molecular formula is C22H20Cl2O6. The van der Waals surface area contributed by atoms with E-state index in [1.54, 1.807) is 12.1 Å². The highest BCUT2D eigenvalue weighted by molar-refractivity contribution is 6.44. The minimum atomic E-state index is -1.31. The summed E-state index contributed by atoms with van der Waals surface area (Å²) in [5.74, 6) is 0.733. The summed E-state index contributed by atoms with van der Waals surface area (Å²) in [7, 11) is 0. The summed E-state index contributed by atoms with van der Waals surface area (Å²) in [6.45, 7) is 2.80. The first-order chi connectivity index (χ1) is 14.0. The molecule has 3 rings (SSSR count). The van der Waals surface area contributed by atoms with Gasteiger partial charge in [0.05, 0.1) is 16.9 Å². The van der Waals surface area contributed by atoms with Gasteiger partial charge in [-0.15, -0.1) is 12.3 Å². The first kappa shape index (κ1) is 22.2. The van der Waals surface area contributed by atoms with Crippen LogP contribution < -0.4 is 4.89 Å². The number of benzene rings is 1. The van der Waals surface area contributed by atoms with Crippen molar-refractivity contribution in [3.05, 3.63) is 33.3 Å². The Labute approximate surface area is 184 Å². The Hall–Kier alpha value is -2.49. The molecule has 8 heteroatoms. The molecule has 1 unspecified atom stereocenters. The van der Waals surface area contributed by atoms with Gasteiger partial charge in [0.25, 0.3) is 0 Å². The summed E-state index contributed by atoms with van der Waals surface area (Å²) in [5, 5.41) is 9.33. The van der Waals surface area contributed by atoms with E-state index in [0.717, 1.165) is 11.1 Å². The predicted molar refractivity (Wildman–Crippen MR) is 111 cm³/mol. The van der Waals surface area contributed by atoms with Crippen molar-refractivity contribution in [2.45, 2.75) is 46.0 Å². The average molecular weight is 451 g/mol. The zero-order valence-corrected chi connectivity index (χ0v) is 18.0. The van der Waals surface area contributed by atoms with E-state index in [9.17, 15) is 14.4 Å². The Balaban J connectivity index is 1.88. The molecule has 30 heavy (non-hydrogen) atoms. The highest BCUT2D eigenvalue weighted by Crippen LogP contribution is 2.57. The Kier molecular flexibility index (Phi) is 5.90. The second-order valence-corrected chi connectivity index (χ2v) is 9.06. The lowest BCUT2D eigenvalue weighted by Crippen LogP contribution is -2.28. The molecule has 0 amide bonds. The monoisotopic (exact) mass is 450 g/mol. The van der Waals surface area contributed by atoms with Gasteiger partial charge in [-0.3, -0.25) is 19.4 Å². The molecule has 0 heterocycles. The summed E-state index contributed by atoms with van der Waals surface area (Å²) < 4.78 is 0. The number of carboxylic acid groups (broad SMARTS) is 1. The maximum absolute atomic E-state index is 12.0. The van der Waals surface area contributed by atoms with Gasteiger partial charge in [0.1, 0.15) is 5.02 Å². The molecule has 0 radical (unpaired) electrons. The van der Waals surface area contributed by atoms with Crippen molar-refractivity contribution in [3.8, 4) is 18.1 Å². The number of hydrogen-bond acceptors (Lipinski definition) is 5. The fraction of sp³-hybridized carbons (Fsp3) is 0.409. The van der Waals surface area contributed by atoms with E-state index in [4.69, 9.17) is 44.5 Å². The van der Waals surface area contributed by atoms with Crippen LogP contribution in [0.2, 0.25) is 10.0 Å². The molecule has 0 spiro atoms. The number of carbonyl (C=O) groups is 3. The fourth-order valence-corrected chi connectivity index (χ4v) is 4.41. The zero-order valence-electron chi connectivity index (χ0n) is 16.5. The first-order valence-corrected chi connectivity index (χ1v) is 10.1. The van der Waals surface area contributed by atoms with E-state index in [2.05, 4.69) is 5.92 Å². The van der Waals surface area contributed by atoms with Crippen LogP contribution in [-0.4, -0.2) is 22.8 Å². The molecule has 0 fully saturated rings. The molecule has 2 aliphatic carbocycles. The van der Waals surface area contributed by atoms with Crippen LogP contribution in [0.15, 0.2) is 12.1 Å². The number of allylic oxidation sites excluding steroid dienone is 2. The highest BCUT2D eigenvalue weighted by atomic mass is 35.5. The van der Waals surface area contributed by atoms with E-state index in [1.807, 2.05) is 0 Å². The van der Waals surface area contributed by atoms with Crippen molar-refractivity contribution >= 4 is 46.5 Å². The van der Waals surface area contributed by atoms with Crippen molar-refractivity contribution in [2.24, 2.45) is 10.8 Å². The molecule has 0 saturated carbocycles. The second kappa shape index (κ2) is 7.98. The van der Waals surface area contributed by atoms with Crippen molar-refractivity contribution < 1.29 is 29.3 Å². The van der Waals surface area contributed by atoms with Gasteiger partial charge in [-0.05, 0) is 50.0 Å². The number of aliphatic carboxylic acids is 1. The molecule has 1 aromatic rings. The van der Waals surface area contributed by atoms with Gasteiger partial charge in [-0.25, -0.2) is 4.79 Å². The quantitative estimate of drug-likeness (QED) is 0.385. The van der Waals surface area contributed by atoms with Crippen LogP contribution in [0.25, 0.3) is 5.57 Å². The van der Waals surface area contributed by atoms with Crippen LogP contribution in [0.4, 0.5) is 0 Å². The lowest BCUT2D eigenvalue weighted by Gasteiger charge is -2.32. The summed E-state index contributed by atoms with van der Waals surface area (Å²) in [6.07, 6.45) is 8.80. The molecule has 1 N–H and O–H groups in total. The summed E-state index contributed by atoms with van der Waals surface area (Å²) in [6, 6.07) is 1.61. The molecule has 158 valence electrons. The summed E-state index contributed by atoms with van der Waals surface area (Å²) in [5.41, 5.74) is 0.535. The maximum Gasteiger partial charge on any atom is 0.356 e. The SMILES string of the molecule is C#CCC12CCC(=O)C=C1c1c(cc(OOC(=O)CC(C)(C)C(=O)O)c(Cl)c1Cl)C2. The third-order valence-electron chi connectivity index (χ3n) is 5.61. The van der Waals surface area contributed by atoms with Gasteiger partial charge in [-0.2, -0.15) is 0 Å². The lowest BCUT2D eigenvalue weighted by atomic mass is 9.70. The van der Waals surface area contributed by atoms with Gasteiger partial charge < -0.3 is 5.11 Å². The fourth-order valence-electron chi connectivity index (χ4n) is 3.91. The number of ketones is 1. The van der Waals surface area contributed by atoms with Crippen molar-refractivity contribution in [2.75, 3.05) is 0 Å². The molecule has 0 saturated heterocycles. The number of carbonyl (C=O) groups excluding carboxylic acids is 2. The van der Waals surface area contributed by atoms with E-state index < -0.39 is 22.8 Å². The van der Waals surface area contributed by atoms with Gasteiger partial charge >= 0.3 is 11.9 Å². The van der Waals surface area contributed by atoms with Crippen LogP contribution >= 0.6 is 23.2 Å². The number of carboxylic acids is 1. The zero-order chi connectivity index (χ0) is 22.3. The standard InChI is InChI=1S/C22H20Cl2O6/c1-4-6-22-7-5-13(25)9-14(22)17-12(10-22)8-15(18(23)19(17)24)29-30-16(26)11-21(2,3)20(27)28/h1,8-9H,5-7,10-11H2,2-3H3,(H,27,28). The molecule has 0 aromatic heterocycles. The molecule has 6 nitrogen and oxygen atoms in total. The first-order valence-electron chi connectivity index (χ1n) is 9.31. The largest absolute Gasteiger partial charge is 0.481 e. The number of hydrogen-bond donors (Lipinski definition) is 1. The third-order valence-corrected chi connectivity index (χ3v) is 6.46. The Morgan fingerprint density at radius 2 is 2.03 bits per heavy atom. The lowest BCUT2D eigenvalue weighted by molar-refractivity contribution is -0.216. The second-order valence-electron chi connectivity index (χ2n) is 8.30. The van der Waals surface area contributed by atoms with Crippen LogP contribution in [-0.2, 0) is 25.7 Å². The smallest absolute Gasteiger partial charge is 0.356 e. The van der Waals surface area contributed by atoms with Gasteiger partial charge in [0.15, 0.2) is 11.5 Å². The normalized spacial score (nSPS) is 20.0. The van der Waals surface area contributed by atoms with Crippen LogP contribution in [0.3, 0.4) is 0 Å². The summed E-state index contributed by atoms with van der Waals surface area (Å²) >= 11 is 12.8. The number of rotatable bonds is 6. The van der Waals surface area contributed by atoms with Crippen molar-refractivity contribution in [3.63, 3.8) is 0 Å². The topological polar surface area (TPSA) is 89.9 Å². The maximum atomic E-state index is 12.0. The minimum Gasteiger partial charge on any atom is -0.481 e. The van der Waals surface area contributed by atoms with Crippen molar-refractivity contribution in [1.82, 2.24) is 0 Å². The number of fused-ring (bicyclic) bond motifs is 3. The Bertz CT molecular complexity index is 1020.